The van der Waals surface area contributed by atoms with Crippen molar-refractivity contribution in [1.29, 1.82) is 0 Å². The summed E-state index contributed by atoms with van der Waals surface area (Å²) >= 11 is 0. The van der Waals surface area contributed by atoms with E-state index in [1.165, 1.54) is 82.3 Å². The molecular weight excluding hydrogens is 691 g/mol. The summed E-state index contributed by atoms with van der Waals surface area (Å²) in [6.45, 7) is 4.75. The molecule has 4 fully saturated rings. The number of furan rings is 1. The largest absolute Gasteiger partial charge is 0.456 e. The van der Waals surface area contributed by atoms with Gasteiger partial charge in [0.25, 0.3) is 0 Å². The van der Waals surface area contributed by atoms with Gasteiger partial charge in [-0.2, -0.15) is 0 Å². The summed E-state index contributed by atoms with van der Waals surface area (Å²) in [7, 11) is 0. The van der Waals surface area contributed by atoms with E-state index in [-0.39, 0.29) is 10.8 Å². The summed E-state index contributed by atoms with van der Waals surface area (Å²) in [4.78, 5) is 2.52. The molecule has 14 rings (SSSR count). The molecule has 0 unspecified atom stereocenters. The molecular formula is C55H45NO. The fourth-order valence-electron chi connectivity index (χ4n) is 13.4. The Bertz CT molecular complexity index is 2950. The van der Waals surface area contributed by atoms with Gasteiger partial charge < -0.3 is 9.32 Å². The minimum absolute atomic E-state index is 0.111. The van der Waals surface area contributed by atoms with Crippen LogP contribution < -0.4 is 4.90 Å². The summed E-state index contributed by atoms with van der Waals surface area (Å²) < 4.78 is 6.53. The van der Waals surface area contributed by atoms with Crippen LogP contribution in [0, 0.1) is 23.7 Å². The molecule has 6 aliphatic carbocycles. The molecule has 0 radical (unpaired) electrons. The van der Waals surface area contributed by atoms with Gasteiger partial charge >= 0.3 is 0 Å². The predicted molar refractivity (Wildman–Crippen MR) is 235 cm³/mol. The second-order valence-electron chi connectivity index (χ2n) is 18.5. The van der Waals surface area contributed by atoms with E-state index in [2.05, 4.69) is 170 Å². The number of nitrogens with zero attached hydrogens (tertiary/aromatic N) is 1. The molecule has 276 valence electrons. The Morgan fingerprint density at radius 2 is 1.12 bits per heavy atom. The van der Waals surface area contributed by atoms with Crippen molar-refractivity contribution < 1.29 is 4.42 Å². The zero-order valence-electron chi connectivity index (χ0n) is 32.6. The molecule has 0 atom stereocenters. The maximum atomic E-state index is 6.53. The SMILES string of the molecule is CC1(C)c2ccccc2-c2c(N(c3cccc(-c4ccc5c(c4)C4(c6ccccc6-5)C5CC6CC(C5)CC4C6)c3)c3cccc4oc5ccccc5c34)cccc21. The van der Waals surface area contributed by atoms with E-state index in [1.54, 1.807) is 11.1 Å². The third-order valence-corrected chi connectivity index (χ3v) is 15.4. The van der Waals surface area contributed by atoms with Crippen molar-refractivity contribution in [2.75, 3.05) is 4.90 Å². The second-order valence-corrected chi connectivity index (χ2v) is 18.5. The van der Waals surface area contributed by atoms with Crippen molar-refractivity contribution in [2.45, 2.75) is 56.8 Å². The Morgan fingerprint density at radius 1 is 0.491 bits per heavy atom. The summed E-state index contributed by atoms with van der Waals surface area (Å²) in [5, 5.41) is 2.28. The Labute approximate surface area is 334 Å². The lowest BCUT2D eigenvalue weighted by atomic mass is 9.43. The number of anilines is 3. The van der Waals surface area contributed by atoms with Gasteiger partial charge in [0.15, 0.2) is 0 Å². The number of hydrogen-bond acceptors (Lipinski definition) is 2. The smallest absolute Gasteiger partial charge is 0.137 e. The van der Waals surface area contributed by atoms with Crippen LogP contribution in [0.4, 0.5) is 17.1 Å². The molecule has 1 aromatic heterocycles. The quantitative estimate of drug-likeness (QED) is 0.179. The highest BCUT2D eigenvalue weighted by atomic mass is 16.3. The van der Waals surface area contributed by atoms with E-state index in [1.807, 2.05) is 0 Å². The maximum Gasteiger partial charge on any atom is 0.137 e. The molecule has 0 aliphatic heterocycles. The summed E-state index contributed by atoms with van der Waals surface area (Å²) in [5.74, 6) is 3.33. The molecule has 1 spiro atoms. The monoisotopic (exact) mass is 735 g/mol. The molecule has 0 saturated heterocycles. The molecule has 4 bridgehead atoms. The molecule has 0 N–H and O–H groups in total. The first-order valence-electron chi connectivity index (χ1n) is 21.3. The first-order chi connectivity index (χ1) is 28.0. The second kappa shape index (κ2) is 11.4. The number of hydrogen-bond donors (Lipinski definition) is 0. The van der Waals surface area contributed by atoms with Crippen molar-refractivity contribution in [3.8, 4) is 33.4 Å². The van der Waals surface area contributed by atoms with Crippen molar-refractivity contribution in [3.63, 3.8) is 0 Å². The van der Waals surface area contributed by atoms with Gasteiger partial charge in [-0.15, -0.1) is 0 Å². The van der Waals surface area contributed by atoms with Crippen molar-refractivity contribution in [3.05, 3.63) is 174 Å². The summed E-state index contributed by atoms with van der Waals surface area (Å²) in [6.07, 6.45) is 7.04. The van der Waals surface area contributed by atoms with Crippen LogP contribution in [-0.4, -0.2) is 0 Å². The van der Waals surface area contributed by atoms with Crippen molar-refractivity contribution in [2.24, 2.45) is 23.7 Å². The van der Waals surface area contributed by atoms with Gasteiger partial charge in [-0.25, -0.2) is 0 Å². The molecule has 57 heavy (non-hydrogen) atoms. The summed E-state index contributed by atoms with van der Waals surface area (Å²) in [5.41, 5.74) is 19.4. The average molecular weight is 736 g/mol. The molecule has 1 heterocycles. The number of para-hydroxylation sites is 1. The van der Waals surface area contributed by atoms with Gasteiger partial charge in [-0.3, -0.25) is 0 Å². The van der Waals surface area contributed by atoms with E-state index in [0.29, 0.717) is 0 Å². The van der Waals surface area contributed by atoms with Gasteiger partial charge in [0.1, 0.15) is 11.2 Å². The molecule has 4 saturated carbocycles. The highest BCUT2D eigenvalue weighted by molar-refractivity contribution is 6.14. The maximum absolute atomic E-state index is 6.53. The lowest BCUT2D eigenvalue weighted by Gasteiger charge is -2.61. The Morgan fingerprint density at radius 3 is 1.96 bits per heavy atom. The molecule has 0 amide bonds. The van der Waals surface area contributed by atoms with Crippen LogP contribution in [0.1, 0.15) is 68.2 Å². The molecule has 2 nitrogen and oxygen atoms in total. The van der Waals surface area contributed by atoms with Crippen molar-refractivity contribution >= 4 is 39.0 Å². The number of rotatable bonds is 4. The van der Waals surface area contributed by atoms with E-state index in [9.17, 15) is 0 Å². The Balaban J connectivity index is 1.03. The molecule has 7 aromatic carbocycles. The van der Waals surface area contributed by atoms with Gasteiger partial charge in [-0.1, -0.05) is 123 Å². The minimum Gasteiger partial charge on any atom is -0.456 e. The lowest BCUT2D eigenvalue weighted by molar-refractivity contribution is -0.0399. The first kappa shape index (κ1) is 32.2. The number of fused-ring (bicyclic) bond motifs is 9. The fraction of sp³-hybridized carbons (Fsp3) is 0.236. The van der Waals surface area contributed by atoms with E-state index < -0.39 is 0 Å². The zero-order chi connectivity index (χ0) is 37.6. The van der Waals surface area contributed by atoms with Crippen LogP contribution in [0.5, 0.6) is 0 Å². The fourth-order valence-corrected chi connectivity index (χ4v) is 13.4. The van der Waals surface area contributed by atoms with Crippen LogP contribution in [0.15, 0.2) is 156 Å². The van der Waals surface area contributed by atoms with Crippen LogP contribution in [0.2, 0.25) is 0 Å². The minimum atomic E-state index is -0.111. The zero-order valence-corrected chi connectivity index (χ0v) is 32.6. The van der Waals surface area contributed by atoms with E-state index >= 15 is 0 Å². The van der Waals surface area contributed by atoms with Gasteiger partial charge in [0, 0.05) is 27.5 Å². The highest BCUT2D eigenvalue weighted by Gasteiger charge is 2.61. The summed E-state index contributed by atoms with van der Waals surface area (Å²) in [6, 6.07) is 57.3. The van der Waals surface area contributed by atoms with Crippen LogP contribution >= 0.6 is 0 Å². The molecule has 8 aromatic rings. The predicted octanol–water partition coefficient (Wildman–Crippen LogP) is 14.8. The molecule has 6 aliphatic rings. The van der Waals surface area contributed by atoms with Crippen LogP contribution in [0.25, 0.3) is 55.3 Å². The third kappa shape index (κ3) is 4.21. The van der Waals surface area contributed by atoms with Crippen LogP contribution in [0.3, 0.4) is 0 Å². The topological polar surface area (TPSA) is 16.4 Å². The Kier molecular flexibility index (Phi) is 6.44. The van der Waals surface area contributed by atoms with Crippen LogP contribution in [-0.2, 0) is 10.8 Å². The van der Waals surface area contributed by atoms with E-state index in [4.69, 9.17) is 4.42 Å². The van der Waals surface area contributed by atoms with Gasteiger partial charge in [0.2, 0.25) is 0 Å². The number of benzene rings is 7. The van der Waals surface area contributed by atoms with Gasteiger partial charge in [0.05, 0.1) is 16.8 Å². The standard InChI is InChI=1S/C55H45NO/c1-54(2)44-17-6-4-15-42(44)52-46(54)19-10-20-48(52)56(49-21-11-23-51-53(49)43-16-5-8-22-50(43)57-51)39-13-9-12-35(31-39)36-24-25-41-40-14-3-7-18-45(40)55(47(41)32-36)37-27-33-26-34(29-37)30-38(55)28-33/h3-25,31-34,37-38H,26-30H2,1-2H3. The molecule has 2 heteroatoms. The normalized spacial score (nSPS) is 24.2. The average Bonchev–Trinajstić information content (AvgIpc) is 3.84. The van der Waals surface area contributed by atoms with E-state index in [0.717, 1.165) is 57.0 Å². The third-order valence-electron chi connectivity index (χ3n) is 15.4. The van der Waals surface area contributed by atoms with Gasteiger partial charge in [-0.05, 0) is 148 Å². The Hall–Kier alpha value is -5.86. The first-order valence-corrected chi connectivity index (χ1v) is 21.3. The van der Waals surface area contributed by atoms with Crippen molar-refractivity contribution in [1.82, 2.24) is 0 Å². The lowest BCUT2D eigenvalue weighted by Crippen LogP contribution is -2.55. The highest BCUT2D eigenvalue weighted by Crippen LogP contribution is 2.69.